The van der Waals surface area contributed by atoms with E-state index in [9.17, 15) is 13.9 Å². The molecule has 5 heteroatoms. The lowest BCUT2D eigenvalue weighted by molar-refractivity contribution is -0.0515. The van der Waals surface area contributed by atoms with E-state index in [2.05, 4.69) is 20.7 Å². The smallest absolute Gasteiger partial charge is 0.387 e. The second-order valence-corrected chi connectivity index (χ2v) is 5.08. The van der Waals surface area contributed by atoms with Crippen LogP contribution in [-0.4, -0.2) is 11.7 Å². The van der Waals surface area contributed by atoms with Crippen LogP contribution in [0.25, 0.3) is 0 Å². The number of alkyl halides is 2. The number of aliphatic hydroxyl groups is 1. The standard InChI is InChI=1S/C15H13BrF2O2/c16-12-7-3-1-5-10(12)9-13(19)11-6-2-4-8-14(11)20-15(17)18/h1-8,13,15,19H,9H2. The lowest BCUT2D eigenvalue weighted by Crippen LogP contribution is -2.08. The van der Waals surface area contributed by atoms with Crippen LogP contribution in [0.1, 0.15) is 17.2 Å². The minimum atomic E-state index is -2.91. The van der Waals surface area contributed by atoms with Crippen molar-refractivity contribution in [3.05, 3.63) is 64.1 Å². The van der Waals surface area contributed by atoms with Crippen LogP contribution >= 0.6 is 15.9 Å². The van der Waals surface area contributed by atoms with E-state index in [1.807, 2.05) is 24.3 Å². The average molecular weight is 343 g/mol. The van der Waals surface area contributed by atoms with Gasteiger partial charge in [0.15, 0.2) is 0 Å². The van der Waals surface area contributed by atoms with E-state index in [-0.39, 0.29) is 5.75 Å². The fourth-order valence-electron chi connectivity index (χ4n) is 1.94. The van der Waals surface area contributed by atoms with Crippen molar-refractivity contribution in [2.75, 3.05) is 0 Å². The SMILES string of the molecule is OC(Cc1ccccc1Br)c1ccccc1OC(F)F. The molecule has 0 aromatic heterocycles. The number of ether oxygens (including phenoxy) is 1. The van der Waals surface area contributed by atoms with Gasteiger partial charge in [0.1, 0.15) is 5.75 Å². The first-order valence-corrected chi connectivity index (χ1v) is 6.82. The van der Waals surface area contributed by atoms with Crippen molar-refractivity contribution in [3.63, 3.8) is 0 Å². The topological polar surface area (TPSA) is 29.5 Å². The molecule has 0 amide bonds. The van der Waals surface area contributed by atoms with E-state index in [1.165, 1.54) is 6.07 Å². The third kappa shape index (κ3) is 3.77. The second-order valence-electron chi connectivity index (χ2n) is 4.23. The minimum absolute atomic E-state index is 0.00190. The molecule has 0 fully saturated rings. The summed E-state index contributed by atoms with van der Waals surface area (Å²) >= 11 is 3.39. The highest BCUT2D eigenvalue weighted by Gasteiger charge is 2.17. The zero-order chi connectivity index (χ0) is 14.5. The molecule has 0 aliphatic heterocycles. The maximum absolute atomic E-state index is 12.3. The van der Waals surface area contributed by atoms with E-state index < -0.39 is 12.7 Å². The molecule has 106 valence electrons. The molecule has 0 aliphatic carbocycles. The van der Waals surface area contributed by atoms with E-state index >= 15 is 0 Å². The van der Waals surface area contributed by atoms with Gasteiger partial charge in [0.05, 0.1) is 6.10 Å². The van der Waals surface area contributed by atoms with Gasteiger partial charge in [0.2, 0.25) is 0 Å². The molecule has 20 heavy (non-hydrogen) atoms. The van der Waals surface area contributed by atoms with Crippen LogP contribution in [0.2, 0.25) is 0 Å². The second kappa shape index (κ2) is 6.81. The molecule has 1 N–H and O–H groups in total. The lowest BCUT2D eigenvalue weighted by Gasteiger charge is -2.16. The first-order valence-electron chi connectivity index (χ1n) is 6.03. The largest absolute Gasteiger partial charge is 0.434 e. The summed E-state index contributed by atoms with van der Waals surface area (Å²) in [6.45, 7) is -2.91. The van der Waals surface area contributed by atoms with Gasteiger partial charge in [-0.1, -0.05) is 52.3 Å². The Labute approximate surface area is 124 Å². The van der Waals surface area contributed by atoms with Crippen LogP contribution in [0.4, 0.5) is 8.78 Å². The van der Waals surface area contributed by atoms with Crippen LogP contribution in [0.5, 0.6) is 5.75 Å². The van der Waals surface area contributed by atoms with Gasteiger partial charge in [-0.15, -0.1) is 0 Å². The molecule has 2 rings (SSSR count). The average Bonchev–Trinajstić information content (AvgIpc) is 2.41. The Balaban J connectivity index is 2.21. The Kier molecular flexibility index (Phi) is 5.09. The van der Waals surface area contributed by atoms with Gasteiger partial charge in [0.25, 0.3) is 0 Å². The number of benzene rings is 2. The molecule has 0 saturated carbocycles. The molecule has 0 spiro atoms. The summed E-state index contributed by atoms with van der Waals surface area (Å²) < 4.78 is 30.0. The zero-order valence-corrected chi connectivity index (χ0v) is 12.1. The third-order valence-electron chi connectivity index (χ3n) is 2.87. The van der Waals surface area contributed by atoms with Crippen molar-refractivity contribution in [2.45, 2.75) is 19.1 Å². The van der Waals surface area contributed by atoms with Gasteiger partial charge < -0.3 is 9.84 Å². The maximum Gasteiger partial charge on any atom is 0.387 e. The number of hydrogen-bond acceptors (Lipinski definition) is 2. The molecular formula is C15H13BrF2O2. The van der Waals surface area contributed by atoms with E-state index in [1.54, 1.807) is 18.2 Å². The summed E-state index contributed by atoms with van der Waals surface area (Å²) in [7, 11) is 0. The predicted octanol–water partition coefficient (Wildman–Crippen LogP) is 4.33. The molecule has 0 bridgehead atoms. The van der Waals surface area contributed by atoms with Crippen LogP contribution in [-0.2, 0) is 6.42 Å². The highest BCUT2D eigenvalue weighted by atomic mass is 79.9. The fraction of sp³-hybridized carbons (Fsp3) is 0.200. The van der Waals surface area contributed by atoms with Gasteiger partial charge in [0, 0.05) is 16.5 Å². The van der Waals surface area contributed by atoms with Crippen molar-refractivity contribution >= 4 is 15.9 Å². The number of rotatable bonds is 5. The van der Waals surface area contributed by atoms with Crippen LogP contribution < -0.4 is 4.74 Å². The van der Waals surface area contributed by atoms with E-state index in [0.29, 0.717) is 12.0 Å². The molecule has 2 aromatic rings. The Morgan fingerprint density at radius 2 is 1.70 bits per heavy atom. The van der Waals surface area contributed by atoms with Crippen molar-refractivity contribution in [2.24, 2.45) is 0 Å². The molecule has 1 unspecified atom stereocenters. The Bertz CT molecular complexity index is 575. The molecule has 0 radical (unpaired) electrons. The van der Waals surface area contributed by atoms with E-state index in [4.69, 9.17) is 0 Å². The number of halogens is 3. The molecule has 0 saturated heterocycles. The van der Waals surface area contributed by atoms with Gasteiger partial charge >= 0.3 is 6.61 Å². The van der Waals surface area contributed by atoms with Crippen molar-refractivity contribution in [1.29, 1.82) is 0 Å². The molecule has 1 atom stereocenters. The zero-order valence-electron chi connectivity index (χ0n) is 10.5. The summed E-state index contributed by atoms with van der Waals surface area (Å²) in [5.74, 6) is 0.00190. The fourth-order valence-corrected chi connectivity index (χ4v) is 2.39. The molecule has 2 nitrogen and oxygen atoms in total. The lowest BCUT2D eigenvalue weighted by atomic mass is 10.0. The molecule has 2 aromatic carbocycles. The number of hydrogen-bond donors (Lipinski definition) is 1. The normalized spacial score (nSPS) is 12.4. The summed E-state index contributed by atoms with van der Waals surface area (Å²) in [5, 5.41) is 10.2. The molecule has 0 heterocycles. The molecular weight excluding hydrogens is 330 g/mol. The predicted molar refractivity (Wildman–Crippen MR) is 75.9 cm³/mol. The Morgan fingerprint density at radius 3 is 2.40 bits per heavy atom. The third-order valence-corrected chi connectivity index (χ3v) is 3.64. The highest BCUT2D eigenvalue weighted by Crippen LogP contribution is 2.30. The van der Waals surface area contributed by atoms with Crippen LogP contribution in [0.3, 0.4) is 0 Å². The van der Waals surface area contributed by atoms with Crippen molar-refractivity contribution in [1.82, 2.24) is 0 Å². The van der Waals surface area contributed by atoms with Crippen molar-refractivity contribution in [3.8, 4) is 5.75 Å². The highest BCUT2D eigenvalue weighted by molar-refractivity contribution is 9.10. The quantitative estimate of drug-likeness (QED) is 0.876. The summed E-state index contributed by atoms with van der Waals surface area (Å²) in [6, 6.07) is 13.7. The Hall–Kier alpha value is -1.46. The van der Waals surface area contributed by atoms with Crippen LogP contribution in [0.15, 0.2) is 53.0 Å². The minimum Gasteiger partial charge on any atom is -0.434 e. The Morgan fingerprint density at radius 1 is 1.05 bits per heavy atom. The van der Waals surface area contributed by atoms with Gasteiger partial charge in [-0.25, -0.2) is 0 Å². The number of aliphatic hydroxyl groups excluding tert-OH is 1. The maximum atomic E-state index is 12.3. The molecule has 0 aliphatic rings. The first-order chi connectivity index (χ1) is 9.58. The first kappa shape index (κ1) is 14.9. The van der Waals surface area contributed by atoms with Gasteiger partial charge in [-0.05, 0) is 17.7 Å². The van der Waals surface area contributed by atoms with Gasteiger partial charge in [-0.2, -0.15) is 8.78 Å². The summed E-state index contributed by atoms with van der Waals surface area (Å²) in [6.07, 6.45) is -0.603. The summed E-state index contributed by atoms with van der Waals surface area (Å²) in [4.78, 5) is 0. The number of para-hydroxylation sites is 1. The van der Waals surface area contributed by atoms with Crippen molar-refractivity contribution < 1.29 is 18.6 Å². The summed E-state index contributed by atoms with van der Waals surface area (Å²) in [5.41, 5.74) is 1.25. The monoisotopic (exact) mass is 342 g/mol. The van der Waals surface area contributed by atoms with Crippen LogP contribution in [0, 0.1) is 0 Å². The van der Waals surface area contributed by atoms with E-state index in [0.717, 1.165) is 10.0 Å². The van der Waals surface area contributed by atoms with Gasteiger partial charge in [-0.3, -0.25) is 0 Å².